The summed E-state index contributed by atoms with van der Waals surface area (Å²) in [4.78, 5) is 9.62. The molecule has 0 saturated heterocycles. The summed E-state index contributed by atoms with van der Waals surface area (Å²) in [6.07, 6.45) is 1.87. The lowest BCUT2D eigenvalue weighted by Gasteiger charge is -2.08. The van der Waals surface area contributed by atoms with Gasteiger partial charge in [0.2, 0.25) is 0 Å². The maximum atomic E-state index is 6.29. The maximum Gasteiger partial charge on any atom is 0.156 e. The van der Waals surface area contributed by atoms with Crippen molar-refractivity contribution >= 4 is 40.5 Å². The molecule has 0 amide bonds. The van der Waals surface area contributed by atoms with E-state index in [4.69, 9.17) is 39.6 Å². The topological polar surface area (TPSA) is 63.2 Å². The number of halogens is 3. The van der Waals surface area contributed by atoms with Crippen LogP contribution in [-0.2, 0) is 17.9 Å². The van der Waals surface area contributed by atoms with Gasteiger partial charge in [0.15, 0.2) is 5.82 Å². The Morgan fingerprint density at radius 1 is 1.04 bits per heavy atom. The summed E-state index contributed by atoms with van der Waals surface area (Å²) in [6, 6.07) is 12.6. The van der Waals surface area contributed by atoms with Crippen molar-refractivity contribution in [2.24, 2.45) is 5.16 Å². The molecule has 0 unspecified atom stereocenters. The van der Waals surface area contributed by atoms with Gasteiger partial charge in [-0.3, -0.25) is 5.10 Å². The molecule has 8 heteroatoms. The molecule has 0 aliphatic carbocycles. The normalized spacial score (nSPS) is 11.6. The number of oxime groups is 1. The summed E-state index contributed by atoms with van der Waals surface area (Å²) in [5.41, 5.74) is 2.27. The molecule has 0 aliphatic rings. The van der Waals surface area contributed by atoms with Gasteiger partial charge in [0.25, 0.3) is 0 Å². The Balaban J connectivity index is 1.81. The van der Waals surface area contributed by atoms with E-state index in [1.165, 1.54) is 6.33 Å². The van der Waals surface area contributed by atoms with E-state index in [2.05, 4.69) is 20.3 Å². The van der Waals surface area contributed by atoms with Crippen LogP contribution < -0.4 is 0 Å². The van der Waals surface area contributed by atoms with Gasteiger partial charge in [0, 0.05) is 15.6 Å². The fourth-order valence-corrected chi connectivity index (χ4v) is 2.78. The molecule has 5 nitrogen and oxygen atoms in total. The van der Waals surface area contributed by atoms with Crippen LogP contribution >= 0.6 is 34.8 Å². The Hall–Kier alpha value is -2.08. The van der Waals surface area contributed by atoms with E-state index in [1.807, 2.05) is 12.1 Å². The molecule has 0 saturated carbocycles. The first-order valence-electron chi connectivity index (χ1n) is 7.35. The molecule has 25 heavy (non-hydrogen) atoms. The van der Waals surface area contributed by atoms with E-state index < -0.39 is 0 Å². The monoisotopic (exact) mass is 394 g/mol. The van der Waals surface area contributed by atoms with Crippen molar-refractivity contribution in [1.29, 1.82) is 0 Å². The number of hydrogen-bond acceptors (Lipinski definition) is 4. The zero-order valence-corrected chi connectivity index (χ0v) is 15.2. The molecule has 0 radical (unpaired) electrons. The van der Waals surface area contributed by atoms with Crippen LogP contribution in [0.15, 0.2) is 53.9 Å². The Labute approximate surface area is 159 Å². The third kappa shape index (κ3) is 4.95. The van der Waals surface area contributed by atoms with Crippen molar-refractivity contribution in [3.8, 4) is 0 Å². The predicted octanol–water partition coefficient (Wildman–Crippen LogP) is 4.93. The highest BCUT2D eigenvalue weighted by molar-refractivity contribution is 6.37. The third-order valence-corrected chi connectivity index (χ3v) is 4.15. The SMILES string of the molecule is Clc1ccc(CON=C(Cc2nc[nH]n2)c2ccc(Cl)cc2Cl)cc1. The minimum absolute atomic E-state index is 0.305. The number of nitrogens with zero attached hydrogens (tertiary/aromatic N) is 3. The maximum absolute atomic E-state index is 6.29. The van der Waals surface area contributed by atoms with Crippen molar-refractivity contribution in [2.45, 2.75) is 13.0 Å². The van der Waals surface area contributed by atoms with Gasteiger partial charge in [0.05, 0.1) is 17.2 Å². The van der Waals surface area contributed by atoms with Gasteiger partial charge < -0.3 is 4.84 Å². The lowest BCUT2D eigenvalue weighted by atomic mass is 10.1. The number of benzene rings is 2. The molecule has 1 aromatic heterocycles. The van der Waals surface area contributed by atoms with Crippen LogP contribution in [0.4, 0.5) is 0 Å². The van der Waals surface area contributed by atoms with E-state index in [9.17, 15) is 0 Å². The second kappa shape index (κ2) is 8.34. The number of nitrogens with one attached hydrogen (secondary N) is 1. The molecule has 0 fully saturated rings. The van der Waals surface area contributed by atoms with E-state index in [-0.39, 0.29) is 0 Å². The van der Waals surface area contributed by atoms with E-state index >= 15 is 0 Å². The Bertz CT molecular complexity index is 864. The molecule has 0 spiro atoms. The summed E-state index contributed by atoms with van der Waals surface area (Å²) < 4.78 is 0. The highest BCUT2D eigenvalue weighted by Crippen LogP contribution is 2.23. The summed E-state index contributed by atoms with van der Waals surface area (Å²) >= 11 is 18.1. The first-order valence-corrected chi connectivity index (χ1v) is 8.48. The second-order valence-corrected chi connectivity index (χ2v) is 6.43. The van der Waals surface area contributed by atoms with Gasteiger partial charge in [-0.05, 0) is 29.8 Å². The Kier molecular flexibility index (Phi) is 5.91. The van der Waals surface area contributed by atoms with Crippen molar-refractivity contribution in [1.82, 2.24) is 15.2 Å². The van der Waals surface area contributed by atoms with Crippen LogP contribution in [0.3, 0.4) is 0 Å². The minimum atomic E-state index is 0.305. The molecule has 1 N–H and O–H groups in total. The highest BCUT2D eigenvalue weighted by atomic mass is 35.5. The van der Waals surface area contributed by atoms with Crippen molar-refractivity contribution in [3.05, 3.63) is 80.8 Å². The summed E-state index contributed by atoms with van der Waals surface area (Å²) in [5.74, 6) is 0.583. The molecule has 3 rings (SSSR count). The van der Waals surface area contributed by atoms with Gasteiger partial charge in [-0.15, -0.1) is 0 Å². The van der Waals surface area contributed by atoms with Gasteiger partial charge in [-0.1, -0.05) is 58.2 Å². The van der Waals surface area contributed by atoms with E-state index in [0.29, 0.717) is 45.2 Å². The van der Waals surface area contributed by atoms with Gasteiger partial charge >= 0.3 is 0 Å². The zero-order valence-electron chi connectivity index (χ0n) is 12.9. The standard InChI is InChI=1S/C17H13Cl3N4O/c18-12-3-1-11(2-4-12)9-25-24-16(8-17-21-10-22-23-17)14-6-5-13(19)7-15(14)20/h1-7,10H,8-9H2,(H,21,22,23). The average Bonchev–Trinajstić information content (AvgIpc) is 3.09. The Morgan fingerprint density at radius 3 is 2.48 bits per heavy atom. The molecule has 1 heterocycles. The first-order chi connectivity index (χ1) is 12.1. The van der Waals surface area contributed by atoms with E-state index in [0.717, 1.165) is 5.56 Å². The van der Waals surface area contributed by atoms with Crippen LogP contribution in [0.1, 0.15) is 17.0 Å². The number of hydrogen-bond donors (Lipinski definition) is 1. The summed E-state index contributed by atoms with van der Waals surface area (Å²) in [6.45, 7) is 0.305. The molecular weight excluding hydrogens is 383 g/mol. The third-order valence-electron chi connectivity index (χ3n) is 3.35. The number of aromatic amines is 1. The van der Waals surface area contributed by atoms with Gasteiger partial charge in [-0.2, -0.15) is 5.10 Å². The smallest absolute Gasteiger partial charge is 0.156 e. The number of H-pyrrole nitrogens is 1. The van der Waals surface area contributed by atoms with E-state index in [1.54, 1.807) is 30.3 Å². The van der Waals surface area contributed by atoms with Crippen LogP contribution in [-0.4, -0.2) is 20.9 Å². The molecule has 128 valence electrons. The largest absolute Gasteiger partial charge is 0.391 e. The van der Waals surface area contributed by atoms with Gasteiger partial charge in [0.1, 0.15) is 12.9 Å². The quantitative estimate of drug-likeness (QED) is 0.475. The van der Waals surface area contributed by atoms with Crippen LogP contribution in [0, 0.1) is 0 Å². The lowest BCUT2D eigenvalue weighted by molar-refractivity contribution is 0.130. The van der Waals surface area contributed by atoms with Crippen molar-refractivity contribution in [2.75, 3.05) is 0 Å². The highest BCUT2D eigenvalue weighted by Gasteiger charge is 2.13. The molecule has 0 bridgehead atoms. The van der Waals surface area contributed by atoms with Crippen molar-refractivity contribution < 1.29 is 4.84 Å². The molecular formula is C17H13Cl3N4O. The average molecular weight is 396 g/mol. The zero-order chi connectivity index (χ0) is 17.6. The lowest BCUT2D eigenvalue weighted by Crippen LogP contribution is -2.09. The minimum Gasteiger partial charge on any atom is -0.391 e. The molecule has 0 aliphatic heterocycles. The molecule has 2 aromatic carbocycles. The second-order valence-electron chi connectivity index (χ2n) is 5.15. The molecule has 3 aromatic rings. The van der Waals surface area contributed by atoms with Crippen molar-refractivity contribution in [3.63, 3.8) is 0 Å². The van der Waals surface area contributed by atoms with Crippen LogP contribution in [0.25, 0.3) is 0 Å². The summed E-state index contributed by atoms with van der Waals surface area (Å²) in [5, 5.41) is 12.7. The number of rotatable bonds is 6. The molecule has 0 atom stereocenters. The predicted molar refractivity (Wildman–Crippen MR) is 99.3 cm³/mol. The first kappa shape index (κ1) is 17.7. The number of aromatic nitrogens is 3. The fraction of sp³-hybridized carbons (Fsp3) is 0.118. The summed E-state index contributed by atoms with van der Waals surface area (Å²) in [7, 11) is 0. The Morgan fingerprint density at radius 2 is 1.80 bits per heavy atom. The van der Waals surface area contributed by atoms with Crippen LogP contribution in [0.5, 0.6) is 0 Å². The van der Waals surface area contributed by atoms with Crippen LogP contribution in [0.2, 0.25) is 15.1 Å². The van der Waals surface area contributed by atoms with Gasteiger partial charge in [-0.25, -0.2) is 4.98 Å². The fourth-order valence-electron chi connectivity index (χ4n) is 2.14.